The summed E-state index contributed by atoms with van der Waals surface area (Å²) in [6.07, 6.45) is 1.13. The Morgan fingerprint density at radius 2 is 2.00 bits per heavy atom. The van der Waals surface area contributed by atoms with E-state index in [1.807, 2.05) is 6.07 Å². The van der Waals surface area contributed by atoms with Crippen LogP contribution in [-0.2, 0) is 12.3 Å². The van der Waals surface area contributed by atoms with Crippen LogP contribution >= 0.6 is 23.4 Å². The maximum Gasteiger partial charge on any atom is 0.145 e. The molecule has 0 fully saturated rings. The van der Waals surface area contributed by atoms with Gasteiger partial charge in [-0.1, -0.05) is 42.8 Å². The molecule has 0 aromatic heterocycles. The fraction of sp³-hybridized carbons (Fsp3) is 0.294. The van der Waals surface area contributed by atoms with Crippen LogP contribution in [0.2, 0.25) is 5.02 Å². The molecule has 0 bridgehead atoms. The predicted octanol–water partition coefficient (Wildman–Crippen LogP) is 5.27. The van der Waals surface area contributed by atoms with Gasteiger partial charge in [0, 0.05) is 17.2 Å². The second kappa shape index (κ2) is 8.42. The third-order valence-corrected chi connectivity index (χ3v) is 4.41. The Labute approximate surface area is 134 Å². The third kappa shape index (κ3) is 5.03. The van der Waals surface area contributed by atoms with Gasteiger partial charge in [0.1, 0.15) is 5.82 Å². The SMILES string of the molecule is CCCNCc1cccc(SCc2cccc(Cl)c2F)c1. The lowest BCUT2D eigenvalue weighted by atomic mass is 10.2. The van der Waals surface area contributed by atoms with E-state index >= 15 is 0 Å². The van der Waals surface area contributed by atoms with Crippen molar-refractivity contribution >= 4 is 23.4 Å². The smallest absolute Gasteiger partial charge is 0.145 e. The molecule has 1 nitrogen and oxygen atoms in total. The third-order valence-electron chi connectivity index (χ3n) is 3.08. The molecule has 0 aliphatic carbocycles. The Hall–Kier alpha value is -1.03. The molecule has 0 atom stereocenters. The number of hydrogen-bond donors (Lipinski definition) is 1. The monoisotopic (exact) mass is 323 g/mol. The first-order valence-corrected chi connectivity index (χ1v) is 8.42. The lowest BCUT2D eigenvalue weighted by molar-refractivity contribution is 0.618. The standard InChI is InChI=1S/C17H19ClFNS/c1-2-9-20-11-13-5-3-7-15(10-13)21-12-14-6-4-8-16(18)17(14)19/h3-8,10,20H,2,9,11-12H2,1H3. The summed E-state index contributed by atoms with van der Waals surface area (Å²) < 4.78 is 13.8. The van der Waals surface area contributed by atoms with Gasteiger partial charge < -0.3 is 5.32 Å². The van der Waals surface area contributed by atoms with E-state index in [1.54, 1.807) is 30.0 Å². The van der Waals surface area contributed by atoms with E-state index < -0.39 is 0 Å². The quantitative estimate of drug-likeness (QED) is 0.550. The van der Waals surface area contributed by atoms with Crippen LogP contribution in [0.15, 0.2) is 47.4 Å². The number of rotatable bonds is 7. The van der Waals surface area contributed by atoms with Crippen molar-refractivity contribution in [3.63, 3.8) is 0 Å². The van der Waals surface area contributed by atoms with Gasteiger partial charge in [-0.3, -0.25) is 0 Å². The van der Waals surface area contributed by atoms with Crippen molar-refractivity contribution in [1.29, 1.82) is 0 Å². The lowest BCUT2D eigenvalue weighted by Crippen LogP contribution is -2.13. The lowest BCUT2D eigenvalue weighted by Gasteiger charge is -2.07. The highest BCUT2D eigenvalue weighted by Crippen LogP contribution is 2.27. The molecule has 112 valence electrons. The van der Waals surface area contributed by atoms with Crippen LogP contribution in [0.4, 0.5) is 4.39 Å². The van der Waals surface area contributed by atoms with Crippen molar-refractivity contribution in [2.24, 2.45) is 0 Å². The molecule has 0 aliphatic heterocycles. The number of benzene rings is 2. The zero-order valence-electron chi connectivity index (χ0n) is 12.0. The predicted molar refractivity (Wildman–Crippen MR) is 89.4 cm³/mol. The van der Waals surface area contributed by atoms with Gasteiger partial charge in [-0.2, -0.15) is 0 Å². The summed E-state index contributed by atoms with van der Waals surface area (Å²) in [5.41, 5.74) is 1.89. The summed E-state index contributed by atoms with van der Waals surface area (Å²) in [6, 6.07) is 13.5. The van der Waals surface area contributed by atoms with Crippen LogP contribution in [0.1, 0.15) is 24.5 Å². The Kier molecular flexibility index (Phi) is 6.55. The minimum absolute atomic E-state index is 0.186. The van der Waals surface area contributed by atoms with E-state index in [9.17, 15) is 4.39 Å². The topological polar surface area (TPSA) is 12.0 Å². The van der Waals surface area contributed by atoms with Gasteiger partial charge in [-0.05, 0) is 42.3 Å². The maximum atomic E-state index is 13.8. The van der Waals surface area contributed by atoms with Crippen LogP contribution in [0, 0.1) is 5.82 Å². The van der Waals surface area contributed by atoms with E-state index in [2.05, 4.69) is 30.4 Å². The molecule has 0 heterocycles. The maximum absolute atomic E-state index is 13.8. The first kappa shape index (κ1) is 16.3. The Bertz CT molecular complexity index is 589. The van der Waals surface area contributed by atoms with Gasteiger partial charge in [0.2, 0.25) is 0 Å². The first-order chi connectivity index (χ1) is 10.2. The van der Waals surface area contributed by atoms with Crippen molar-refractivity contribution in [2.45, 2.75) is 30.5 Å². The number of halogens is 2. The van der Waals surface area contributed by atoms with Gasteiger partial charge in [0.15, 0.2) is 0 Å². The first-order valence-electron chi connectivity index (χ1n) is 7.06. The Morgan fingerprint density at radius 1 is 1.19 bits per heavy atom. The van der Waals surface area contributed by atoms with Gasteiger partial charge in [0.25, 0.3) is 0 Å². The molecule has 0 aliphatic rings. The highest BCUT2D eigenvalue weighted by molar-refractivity contribution is 7.98. The number of thioether (sulfide) groups is 1. The molecule has 0 radical (unpaired) electrons. The highest BCUT2D eigenvalue weighted by atomic mass is 35.5. The fourth-order valence-corrected chi connectivity index (χ4v) is 3.12. The molecule has 0 unspecified atom stereocenters. The Morgan fingerprint density at radius 3 is 2.81 bits per heavy atom. The van der Waals surface area contributed by atoms with Gasteiger partial charge >= 0.3 is 0 Å². The van der Waals surface area contributed by atoms with Crippen LogP contribution < -0.4 is 5.32 Å². The second-order valence-corrected chi connectivity index (χ2v) is 6.28. The molecule has 1 N–H and O–H groups in total. The van der Waals surface area contributed by atoms with Crippen LogP contribution in [0.25, 0.3) is 0 Å². The zero-order chi connectivity index (χ0) is 15.1. The van der Waals surface area contributed by atoms with Crippen molar-refractivity contribution < 1.29 is 4.39 Å². The molecule has 2 aromatic rings. The Balaban J connectivity index is 1.96. The normalized spacial score (nSPS) is 10.8. The number of hydrogen-bond acceptors (Lipinski definition) is 2. The average molecular weight is 324 g/mol. The summed E-state index contributed by atoms with van der Waals surface area (Å²) in [6.45, 7) is 4.04. The average Bonchev–Trinajstić information content (AvgIpc) is 2.50. The summed E-state index contributed by atoms with van der Waals surface area (Å²) in [5.74, 6) is 0.269. The summed E-state index contributed by atoms with van der Waals surface area (Å²) >= 11 is 7.42. The van der Waals surface area contributed by atoms with Gasteiger partial charge in [0.05, 0.1) is 5.02 Å². The largest absolute Gasteiger partial charge is 0.313 e. The van der Waals surface area contributed by atoms with Crippen LogP contribution in [0.5, 0.6) is 0 Å². The van der Waals surface area contributed by atoms with Crippen LogP contribution in [-0.4, -0.2) is 6.54 Å². The summed E-state index contributed by atoms with van der Waals surface area (Å²) in [7, 11) is 0. The second-order valence-electron chi connectivity index (χ2n) is 4.83. The van der Waals surface area contributed by atoms with Crippen LogP contribution in [0.3, 0.4) is 0 Å². The molecule has 2 aromatic carbocycles. The molecule has 0 saturated carbocycles. The van der Waals surface area contributed by atoms with E-state index in [0.717, 1.165) is 24.4 Å². The summed E-state index contributed by atoms with van der Waals surface area (Å²) in [5, 5.41) is 3.57. The van der Waals surface area contributed by atoms with E-state index in [4.69, 9.17) is 11.6 Å². The molecule has 0 spiro atoms. The number of nitrogens with one attached hydrogen (secondary N) is 1. The van der Waals surface area contributed by atoms with Crippen molar-refractivity contribution in [2.75, 3.05) is 6.54 Å². The molecule has 0 amide bonds. The van der Waals surface area contributed by atoms with Gasteiger partial charge in [-0.15, -0.1) is 11.8 Å². The van der Waals surface area contributed by atoms with Crippen molar-refractivity contribution in [3.8, 4) is 0 Å². The molecular weight excluding hydrogens is 305 g/mol. The molecule has 21 heavy (non-hydrogen) atoms. The molecule has 0 saturated heterocycles. The zero-order valence-corrected chi connectivity index (χ0v) is 13.6. The minimum Gasteiger partial charge on any atom is -0.313 e. The van der Waals surface area contributed by atoms with E-state index in [1.165, 1.54) is 5.56 Å². The highest BCUT2D eigenvalue weighted by Gasteiger charge is 2.06. The molecular formula is C17H19ClFNS. The molecule has 4 heteroatoms. The minimum atomic E-state index is -0.313. The van der Waals surface area contributed by atoms with E-state index in [0.29, 0.717) is 11.3 Å². The summed E-state index contributed by atoms with van der Waals surface area (Å²) in [4.78, 5) is 1.14. The molecule has 2 rings (SSSR count). The van der Waals surface area contributed by atoms with E-state index in [-0.39, 0.29) is 10.8 Å². The van der Waals surface area contributed by atoms with Crippen molar-refractivity contribution in [3.05, 3.63) is 64.4 Å². The van der Waals surface area contributed by atoms with Crippen molar-refractivity contribution in [1.82, 2.24) is 5.32 Å². The van der Waals surface area contributed by atoms with Gasteiger partial charge in [-0.25, -0.2) is 4.39 Å². The fourth-order valence-electron chi connectivity index (χ4n) is 1.98.